The van der Waals surface area contributed by atoms with Gasteiger partial charge < -0.3 is 0 Å². The highest BCUT2D eigenvalue weighted by Crippen LogP contribution is 2.48. The first-order valence-electron chi connectivity index (χ1n) is 15.3. The minimum atomic E-state index is -2.37. The molecule has 0 amide bonds. The van der Waals surface area contributed by atoms with Crippen LogP contribution in [0.25, 0.3) is 78.0 Å². The molecule has 0 atom stereocenters. The fourth-order valence-electron chi connectivity index (χ4n) is 7.07. The second-order valence-electron chi connectivity index (χ2n) is 11.6. The zero-order valence-corrected chi connectivity index (χ0v) is 25.0. The number of hydrogen-bond donors (Lipinski definition) is 0. The fraction of sp³-hybridized carbons (Fsp3) is 0.0513. The number of hydrogen-bond acceptors (Lipinski definition) is 1. The highest BCUT2D eigenvalue weighted by molar-refractivity contribution is 6.73. The van der Waals surface area contributed by atoms with Crippen molar-refractivity contribution in [2.24, 2.45) is 0 Å². The largest absolute Gasteiger partial charge is 0.278 e. The molecule has 0 N–H and O–H groups in total. The Labute approximate surface area is 253 Å². The van der Waals surface area contributed by atoms with E-state index in [1.54, 1.807) is 0 Å². The molecule has 0 spiro atoms. The van der Waals surface area contributed by atoms with Crippen LogP contribution in [0.15, 0.2) is 133 Å². The lowest BCUT2D eigenvalue weighted by atomic mass is 9.81. The first kappa shape index (κ1) is 23.4. The van der Waals surface area contributed by atoms with Crippen molar-refractivity contribution in [1.29, 1.82) is 1.23 Å². The fourth-order valence-corrected chi connectivity index (χ4v) is 8.16. The van der Waals surface area contributed by atoms with Crippen LogP contribution in [0.3, 0.4) is 0 Å². The summed E-state index contributed by atoms with van der Waals surface area (Å²) in [6, 6.07) is 48.0. The van der Waals surface area contributed by atoms with Gasteiger partial charge >= 0.3 is 0 Å². The van der Waals surface area contributed by atoms with Crippen LogP contribution in [0.1, 0.15) is 0 Å². The topological polar surface area (TPSA) is 22.2 Å². The van der Waals surface area contributed by atoms with Crippen LogP contribution in [-0.4, -0.2) is 23.9 Å². The van der Waals surface area contributed by atoms with Crippen molar-refractivity contribution in [3.63, 3.8) is 0 Å². The van der Waals surface area contributed by atoms with Crippen molar-refractivity contribution in [2.45, 2.75) is 13.1 Å². The van der Waals surface area contributed by atoms with E-state index in [1.165, 1.54) is 44.5 Å². The lowest BCUT2D eigenvalue weighted by Gasteiger charge is -2.23. The third-order valence-corrected chi connectivity index (χ3v) is 10.5. The summed E-state index contributed by atoms with van der Waals surface area (Å²) in [6.45, 7) is 4.14. The van der Waals surface area contributed by atoms with Crippen molar-refractivity contribution in [1.82, 2.24) is 14.0 Å². The molecule has 1 aliphatic rings. The molecule has 6 aromatic carbocycles. The van der Waals surface area contributed by atoms with Gasteiger partial charge in [0.1, 0.15) is 0 Å². The molecular weight excluding hydrogens is 539 g/mol. The highest BCUT2D eigenvalue weighted by Gasteiger charge is 2.24. The summed E-state index contributed by atoms with van der Waals surface area (Å²) in [5.41, 5.74) is 15.1. The van der Waals surface area contributed by atoms with Gasteiger partial charge in [-0.1, -0.05) is 116 Å². The molecular formula is C39H29N3Si. The average Bonchev–Trinajstić information content (AvgIpc) is 3.58. The van der Waals surface area contributed by atoms with Crippen LogP contribution in [0.5, 0.6) is 0 Å². The summed E-state index contributed by atoms with van der Waals surface area (Å²) in [5, 5.41) is 1.07. The zero-order valence-electron chi connectivity index (χ0n) is 25.0. The predicted molar refractivity (Wildman–Crippen MR) is 183 cm³/mol. The summed E-state index contributed by atoms with van der Waals surface area (Å²) in [7, 11) is -2.37. The Morgan fingerprint density at radius 2 is 1.00 bits per heavy atom. The van der Waals surface area contributed by atoms with E-state index in [4.69, 9.17) is 6.22 Å². The van der Waals surface area contributed by atoms with Crippen LogP contribution in [0.4, 0.5) is 0 Å². The van der Waals surface area contributed by atoms with Gasteiger partial charge in [0.15, 0.2) is 0 Å². The quantitative estimate of drug-likeness (QED) is 0.191. The minimum Gasteiger partial charge on any atom is -0.278 e. The smallest absolute Gasteiger partial charge is 0.220 e. The van der Waals surface area contributed by atoms with E-state index in [0.29, 0.717) is 0 Å². The lowest BCUT2D eigenvalue weighted by Crippen LogP contribution is -2.23. The van der Waals surface area contributed by atoms with E-state index in [2.05, 4.69) is 156 Å². The first-order valence-corrected chi connectivity index (χ1v) is 17.3. The van der Waals surface area contributed by atoms with Crippen molar-refractivity contribution < 1.29 is 0 Å². The van der Waals surface area contributed by atoms with Crippen LogP contribution < -0.4 is 5.19 Å². The van der Waals surface area contributed by atoms with E-state index in [0.717, 1.165) is 38.7 Å². The maximum absolute atomic E-state index is 8.97. The molecule has 0 unspecified atom stereocenters. The molecule has 0 bridgehead atoms. The second kappa shape index (κ2) is 9.15. The molecule has 2 aromatic heterocycles. The molecule has 43 heavy (non-hydrogen) atoms. The van der Waals surface area contributed by atoms with Crippen LogP contribution >= 0.6 is 0 Å². The predicted octanol–water partition coefficient (Wildman–Crippen LogP) is 9.11. The molecule has 3 nitrogen and oxygen atoms in total. The van der Waals surface area contributed by atoms with Crippen LogP contribution in [0.2, 0.25) is 13.1 Å². The SMILES string of the molecule is [2H][Si](C)(C)c1cccc2c1nc1n(-c3ccc4c(c3)-c3ccccc3-c3ccccc3-c3ccccc3-4)c3ccccc3n21. The Balaban J connectivity index is 1.39. The standard InChI is InChI=1S/C39H29N3Si/c1-43(2)37-21-11-20-36-38(37)40-39-41(34-18-9-10-19-35(34)42(36)39)25-22-23-32-30-16-6-5-14-28(30)26-12-3-4-13-27(26)29-15-7-8-17-31(29)33(32)24-25/h3-24,43H,1-2H3/i43D. The van der Waals surface area contributed by atoms with Gasteiger partial charge in [-0.15, -0.1) is 0 Å². The highest BCUT2D eigenvalue weighted by atomic mass is 28.3. The van der Waals surface area contributed by atoms with E-state index in [9.17, 15) is 0 Å². The summed E-state index contributed by atoms with van der Waals surface area (Å²) >= 11 is 0. The summed E-state index contributed by atoms with van der Waals surface area (Å²) in [5.74, 6) is 0.872. The Kier molecular flexibility index (Phi) is 4.98. The van der Waals surface area contributed by atoms with Gasteiger partial charge in [-0.05, 0) is 80.0 Å². The van der Waals surface area contributed by atoms with Crippen LogP contribution in [-0.2, 0) is 0 Å². The number of para-hydroxylation sites is 3. The molecule has 0 saturated carbocycles. The van der Waals surface area contributed by atoms with E-state index >= 15 is 0 Å². The third-order valence-electron chi connectivity index (χ3n) is 8.97. The van der Waals surface area contributed by atoms with Crippen molar-refractivity contribution in [2.75, 3.05) is 0 Å². The maximum Gasteiger partial charge on any atom is 0.220 e. The number of rotatable bonds is 2. The van der Waals surface area contributed by atoms with Gasteiger partial charge in [-0.2, -0.15) is 0 Å². The van der Waals surface area contributed by atoms with E-state index < -0.39 is 8.73 Å². The van der Waals surface area contributed by atoms with E-state index in [1.807, 2.05) is 0 Å². The third kappa shape index (κ3) is 3.44. The maximum atomic E-state index is 8.97. The molecule has 1 aliphatic carbocycles. The van der Waals surface area contributed by atoms with Gasteiger partial charge in [-0.3, -0.25) is 8.97 Å². The second-order valence-corrected chi connectivity index (χ2v) is 14.1. The number of fused-ring (bicyclic) bond motifs is 13. The molecule has 0 saturated heterocycles. The van der Waals surface area contributed by atoms with Crippen molar-refractivity contribution >= 4 is 41.8 Å². The number of imidazole rings is 2. The number of aromatic nitrogens is 3. The van der Waals surface area contributed by atoms with Gasteiger partial charge in [0, 0.05) is 6.92 Å². The molecule has 4 heteroatoms. The molecule has 2 heterocycles. The summed E-state index contributed by atoms with van der Waals surface area (Å²) in [4.78, 5) is 5.29. The van der Waals surface area contributed by atoms with Gasteiger partial charge in [0.05, 0.1) is 30.8 Å². The first-order chi connectivity index (χ1) is 21.5. The van der Waals surface area contributed by atoms with Gasteiger partial charge in [-0.25, -0.2) is 4.98 Å². The average molecular weight is 569 g/mol. The normalized spacial score (nSPS) is 12.7. The number of benzene rings is 6. The summed E-state index contributed by atoms with van der Waals surface area (Å²) in [6.07, 6.45) is 0. The van der Waals surface area contributed by atoms with Gasteiger partial charge in [0.2, 0.25) is 5.78 Å². The Morgan fingerprint density at radius 3 is 1.58 bits per heavy atom. The van der Waals surface area contributed by atoms with E-state index in [-0.39, 0.29) is 0 Å². The van der Waals surface area contributed by atoms with Crippen LogP contribution in [0, 0.1) is 0 Å². The minimum absolute atomic E-state index is 0.872. The summed E-state index contributed by atoms with van der Waals surface area (Å²) < 4.78 is 13.5. The molecule has 8 aromatic rings. The van der Waals surface area contributed by atoms with Crippen molar-refractivity contribution in [3.8, 4) is 50.2 Å². The number of nitrogens with zero attached hydrogens (tertiary/aromatic N) is 3. The Hall–Kier alpha value is -5.19. The monoisotopic (exact) mass is 568 g/mol. The van der Waals surface area contributed by atoms with Crippen molar-refractivity contribution in [3.05, 3.63) is 133 Å². The molecule has 9 rings (SSSR count). The molecule has 0 aliphatic heterocycles. The molecule has 204 valence electrons. The lowest BCUT2D eigenvalue weighted by molar-refractivity contribution is 1.11. The zero-order chi connectivity index (χ0) is 29.6. The molecule has 0 fully saturated rings. The Bertz CT molecular complexity index is 2440. The molecule has 0 radical (unpaired) electrons. The van der Waals surface area contributed by atoms with Gasteiger partial charge in [0.25, 0.3) is 0 Å². The Morgan fingerprint density at radius 1 is 0.512 bits per heavy atom.